The molecule has 82 valence electrons. The molecule has 0 atom stereocenters. The third-order valence-electron chi connectivity index (χ3n) is 1.95. The molecule has 2 N–H and O–H groups in total. The topological polar surface area (TPSA) is 41.1 Å². The van der Waals surface area contributed by atoms with E-state index < -0.39 is 0 Å². The molecule has 0 spiro atoms. The highest BCUT2D eigenvalue weighted by atomic mass is 35.5. The molecule has 2 amide bonds. The number of halogens is 1. The second-order valence-electron chi connectivity index (χ2n) is 3.28. The van der Waals surface area contributed by atoms with Crippen molar-refractivity contribution in [1.29, 1.82) is 0 Å². The van der Waals surface area contributed by atoms with E-state index in [2.05, 4.69) is 10.6 Å². The number of nitrogens with one attached hydrogen (secondary N) is 2. The molecule has 0 aliphatic carbocycles. The number of hydrogen-bond acceptors (Lipinski definition) is 1. The lowest BCUT2D eigenvalue weighted by atomic mass is 10.1. The van der Waals surface area contributed by atoms with Crippen molar-refractivity contribution in [2.75, 3.05) is 12.4 Å². The van der Waals surface area contributed by atoms with Crippen LogP contribution < -0.4 is 10.6 Å². The van der Waals surface area contributed by atoms with Crippen molar-refractivity contribution in [3.8, 4) is 0 Å². The maximum atomic E-state index is 11.2. The molecule has 1 aromatic rings. The number of urea groups is 1. The van der Waals surface area contributed by atoms with Crippen LogP contribution in [0.3, 0.4) is 0 Å². The van der Waals surface area contributed by atoms with E-state index in [1.54, 1.807) is 0 Å². The van der Waals surface area contributed by atoms with Gasteiger partial charge in [0.2, 0.25) is 0 Å². The molecule has 0 bridgehead atoms. The normalized spacial score (nSPS) is 9.73. The molecule has 1 aromatic carbocycles. The van der Waals surface area contributed by atoms with Gasteiger partial charge in [-0.2, -0.15) is 0 Å². The summed E-state index contributed by atoms with van der Waals surface area (Å²) in [5.41, 5.74) is 2.30. The third kappa shape index (κ3) is 4.70. The van der Waals surface area contributed by atoms with Gasteiger partial charge in [0.05, 0.1) is 0 Å². The minimum absolute atomic E-state index is 0.184. The molecule has 4 heteroatoms. The Morgan fingerprint density at radius 2 is 1.93 bits per heavy atom. The average molecular weight is 227 g/mol. The van der Waals surface area contributed by atoms with Gasteiger partial charge in [0.15, 0.2) is 0 Å². The SMILES string of the molecule is Cc1ccc(CNC(=O)NCCCl)cc1. The summed E-state index contributed by atoms with van der Waals surface area (Å²) in [7, 11) is 0. The Kier molecular flexibility index (Phi) is 4.98. The average Bonchev–Trinajstić information content (AvgIpc) is 2.25. The van der Waals surface area contributed by atoms with E-state index >= 15 is 0 Å². The number of rotatable bonds is 4. The van der Waals surface area contributed by atoms with E-state index in [1.165, 1.54) is 5.56 Å². The highest BCUT2D eigenvalue weighted by molar-refractivity contribution is 6.18. The lowest BCUT2D eigenvalue weighted by Gasteiger charge is -2.06. The molecule has 0 aromatic heterocycles. The van der Waals surface area contributed by atoms with Crippen LogP contribution in [0.4, 0.5) is 4.79 Å². The van der Waals surface area contributed by atoms with Crippen LogP contribution in [0, 0.1) is 6.92 Å². The number of amides is 2. The molecular formula is C11H15ClN2O. The summed E-state index contributed by atoms with van der Waals surface area (Å²) in [4.78, 5) is 11.2. The van der Waals surface area contributed by atoms with Crippen LogP contribution >= 0.6 is 11.6 Å². The highest BCUT2D eigenvalue weighted by Gasteiger charge is 1.98. The summed E-state index contributed by atoms with van der Waals surface area (Å²) >= 11 is 5.44. The Bertz CT molecular complexity index is 311. The van der Waals surface area contributed by atoms with Crippen molar-refractivity contribution < 1.29 is 4.79 Å². The molecule has 0 saturated heterocycles. The van der Waals surface area contributed by atoms with Gasteiger partial charge in [0, 0.05) is 19.0 Å². The molecule has 0 aliphatic rings. The molecule has 0 fully saturated rings. The van der Waals surface area contributed by atoms with E-state index in [4.69, 9.17) is 11.6 Å². The van der Waals surface area contributed by atoms with Gasteiger partial charge in [0.1, 0.15) is 0 Å². The van der Waals surface area contributed by atoms with Crippen molar-refractivity contribution >= 4 is 17.6 Å². The fourth-order valence-corrected chi connectivity index (χ4v) is 1.21. The molecule has 0 heterocycles. The quantitative estimate of drug-likeness (QED) is 0.758. The Balaban J connectivity index is 2.30. The molecule has 15 heavy (non-hydrogen) atoms. The zero-order valence-electron chi connectivity index (χ0n) is 8.72. The summed E-state index contributed by atoms with van der Waals surface area (Å²) in [5.74, 6) is 0.429. The first-order chi connectivity index (χ1) is 7.22. The molecule has 0 radical (unpaired) electrons. The molecule has 0 saturated carbocycles. The lowest BCUT2D eigenvalue weighted by Crippen LogP contribution is -2.36. The largest absolute Gasteiger partial charge is 0.337 e. The van der Waals surface area contributed by atoms with Crippen molar-refractivity contribution in [3.63, 3.8) is 0 Å². The van der Waals surface area contributed by atoms with Crippen LogP contribution in [-0.4, -0.2) is 18.5 Å². The highest BCUT2D eigenvalue weighted by Crippen LogP contribution is 2.02. The second-order valence-corrected chi connectivity index (χ2v) is 3.66. The first kappa shape index (κ1) is 11.9. The van der Waals surface area contributed by atoms with E-state index in [0.717, 1.165) is 5.56 Å². The van der Waals surface area contributed by atoms with Crippen LogP contribution in [0.25, 0.3) is 0 Å². The zero-order valence-corrected chi connectivity index (χ0v) is 9.47. The number of aryl methyl sites for hydroxylation is 1. The number of carbonyl (C=O) groups is 1. The fraction of sp³-hybridized carbons (Fsp3) is 0.364. The van der Waals surface area contributed by atoms with E-state index in [9.17, 15) is 4.79 Å². The number of carbonyl (C=O) groups excluding carboxylic acids is 1. The molecular weight excluding hydrogens is 212 g/mol. The number of alkyl halides is 1. The van der Waals surface area contributed by atoms with Crippen molar-refractivity contribution in [3.05, 3.63) is 35.4 Å². The van der Waals surface area contributed by atoms with Gasteiger partial charge in [0.25, 0.3) is 0 Å². The molecule has 0 unspecified atom stereocenters. The smallest absolute Gasteiger partial charge is 0.315 e. The number of hydrogen-bond donors (Lipinski definition) is 2. The van der Waals surface area contributed by atoms with Crippen molar-refractivity contribution in [2.45, 2.75) is 13.5 Å². The maximum absolute atomic E-state index is 11.2. The van der Waals surface area contributed by atoms with Crippen LogP contribution in [0.1, 0.15) is 11.1 Å². The van der Waals surface area contributed by atoms with Gasteiger partial charge >= 0.3 is 6.03 Å². The number of benzene rings is 1. The lowest BCUT2D eigenvalue weighted by molar-refractivity contribution is 0.241. The first-order valence-electron chi connectivity index (χ1n) is 4.85. The third-order valence-corrected chi connectivity index (χ3v) is 2.14. The van der Waals surface area contributed by atoms with Crippen LogP contribution in [-0.2, 0) is 6.54 Å². The minimum Gasteiger partial charge on any atom is -0.337 e. The van der Waals surface area contributed by atoms with Crippen LogP contribution in [0.5, 0.6) is 0 Å². The van der Waals surface area contributed by atoms with Gasteiger partial charge in [-0.3, -0.25) is 0 Å². The van der Waals surface area contributed by atoms with Crippen molar-refractivity contribution in [1.82, 2.24) is 10.6 Å². The first-order valence-corrected chi connectivity index (χ1v) is 5.39. The summed E-state index contributed by atoms with van der Waals surface area (Å²) in [6, 6.07) is 7.85. The molecule has 1 rings (SSSR count). The predicted octanol–water partition coefficient (Wildman–Crippen LogP) is 2.03. The van der Waals surface area contributed by atoms with Gasteiger partial charge in [-0.05, 0) is 12.5 Å². The van der Waals surface area contributed by atoms with Gasteiger partial charge < -0.3 is 10.6 Å². The van der Waals surface area contributed by atoms with Gasteiger partial charge in [-0.1, -0.05) is 29.8 Å². The van der Waals surface area contributed by atoms with Gasteiger partial charge in [-0.15, -0.1) is 11.6 Å². The monoisotopic (exact) mass is 226 g/mol. The van der Waals surface area contributed by atoms with E-state index in [0.29, 0.717) is 19.0 Å². The van der Waals surface area contributed by atoms with Crippen LogP contribution in [0.2, 0.25) is 0 Å². The molecule has 3 nitrogen and oxygen atoms in total. The summed E-state index contributed by atoms with van der Waals surface area (Å²) in [6.45, 7) is 3.06. The Morgan fingerprint density at radius 1 is 1.27 bits per heavy atom. The Labute approximate surface area is 94.8 Å². The zero-order chi connectivity index (χ0) is 11.1. The summed E-state index contributed by atoms with van der Waals surface area (Å²) in [6.07, 6.45) is 0. The second kappa shape index (κ2) is 6.30. The summed E-state index contributed by atoms with van der Waals surface area (Å²) in [5, 5.41) is 5.38. The van der Waals surface area contributed by atoms with E-state index in [-0.39, 0.29) is 6.03 Å². The van der Waals surface area contributed by atoms with Crippen molar-refractivity contribution in [2.24, 2.45) is 0 Å². The van der Waals surface area contributed by atoms with Crippen LogP contribution in [0.15, 0.2) is 24.3 Å². The van der Waals surface area contributed by atoms with E-state index in [1.807, 2.05) is 31.2 Å². The predicted molar refractivity (Wildman–Crippen MR) is 62.1 cm³/mol. The summed E-state index contributed by atoms with van der Waals surface area (Å²) < 4.78 is 0. The minimum atomic E-state index is -0.184. The molecule has 0 aliphatic heterocycles. The fourth-order valence-electron chi connectivity index (χ4n) is 1.11. The van der Waals surface area contributed by atoms with Gasteiger partial charge in [-0.25, -0.2) is 4.79 Å². The Morgan fingerprint density at radius 3 is 2.53 bits per heavy atom. The maximum Gasteiger partial charge on any atom is 0.315 e. The Hall–Kier alpha value is -1.22. The standard InChI is InChI=1S/C11H15ClN2O/c1-9-2-4-10(5-3-9)8-14-11(15)13-7-6-12/h2-5H,6-8H2,1H3,(H2,13,14,15).